The molecule has 0 saturated carbocycles. The minimum atomic E-state index is -1.22. The minimum absolute atomic E-state index is 0.252. The van der Waals surface area contributed by atoms with Gasteiger partial charge in [0.2, 0.25) is 0 Å². The van der Waals surface area contributed by atoms with Crippen LogP contribution in [0.15, 0.2) is 24.3 Å². The predicted octanol–water partition coefficient (Wildman–Crippen LogP) is 2.15. The zero-order valence-corrected chi connectivity index (χ0v) is 12.2. The van der Waals surface area contributed by atoms with Crippen molar-refractivity contribution in [2.75, 3.05) is 14.2 Å². The molecule has 0 heterocycles. The van der Waals surface area contributed by atoms with E-state index >= 15 is 0 Å². The lowest BCUT2D eigenvalue weighted by Gasteiger charge is -2.39. The van der Waals surface area contributed by atoms with Crippen LogP contribution in [0.4, 0.5) is 0 Å². The van der Waals surface area contributed by atoms with Gasteiger partial charge in [-0.05, 0) is 30.9 Å². The van der Waals surface area contributed by atoms with Crippen molar-refractivity contribution in [2.24, 2.45) is 0 Å². The highest BCUT2D eigenvalue weighted by atomic mass is 16.7. The Morgan fingerprint density at radius 2 is 2.05 bits per heavy atom. The third-order valence-electron chi connectivity index (χ3n) is 4.45. The maximum atomic E-state index is 11.0. The molecule has 1 aromatic carbocycles. The van der Waals surface area contributed by atoms with Gasteiger partial charge in [0.25, 0.3) is 0 Å². The lowest BCUT2D eigenvalue weighted by atomic mass is 9.68. The molecule has 1 aliphatic carbocycles. The van der Waals surface area contributed by atoms with Crippen molar-refractivity contribution in [3.05, 3.63) is 35.4 Å². The molecule has 1 aromatic rings. The summed E-state index contributed by atoms with van der Waals surface area (Å²) in [7, 11) is 3.07. The number of nitrogens with zero attached hydrogens (tertiary/aromatic N) is 1. The molecule has 0 saturated heterocycles. The van der Waals surface area contributed by atoms with Gasteiger partial charge in [0, 0.05) is 20.6 Å². The number of benzene rings is 1. The van der Waals surface area contributed by atoms with Gasteiger partial charge in [-0.25, -0.2) is 0 Å². The number of rotatable bonds is 5. The van der Waals surface area contributed by atoms with Gasteiger partial charge in [0.05, 0.1) is 11.7 Å². The van der Waals surface area contributed by atoms with E-state index in [1.807, 2.05) is 24.3 Å². The maximum absolute atomic E-state index is 11.0. The van der Waals surface area contributed by atoms with Crippen LogP contribution in [-0.4, -0.2) is 31.2 Å². The second kappa shape index (κ2) is 5.53. The van der Waals surface area contributed by atoms with E-state index in [4.69, 9.17) is 9.47 Å². The molecule has 0 radical (unpaired) electrons. The lowest BCUT2D eigenvalue weighted by molar-refractivity contribution is -0.151. The van der Waals surface area contributed by atoms with Crippen LogP contribution in [0.25, 0.3) is 0 Å². The normalized spacial score (nSPS) is 24.2. The molecule has 4 heteroatoms. The van der Waals surface area contributed by atoms with Gasteiger partial charge < -0.3 is 14.6 Å². The Hall–Kier alpha value is -1.41. The number of nitriles is 1. The molecular formula is C16H21NO3. The van der Waals surface area contributed by atoms with Crippen molar-refractivity contribution in [3.8, 4) is 6.07 Å². The van der Waals surface area contributed by atoms with Crippen molar-refractivity contribution in [1.29, 1.82) is 5.26 Å². The van der Waals surface area contributed by atoms with Crippen LogP contribution in [0, 0.1) is 11.3 Å². The average molecular weight is 275 g/mol. The number of hydrogen-bond donors (Lipinski definition) is 1. The summed E-state index contributed by atoms with van der Waals surface area (Å²) >= 11 is 0. The van der Waals surface area contributed by atoms with Gasteiger partial charge in [-0.15, -0.1) is 0 Å². The highest BCUT2D eigenvalue weighted by Gasteiger charge is 2.53. The monoisotopic (exact) mass is 275 g/mol. The van der Waals surface area contributed by atoms with E-state index in [2.05, 4.69) is 6.07 Å². The third-order valence-corrected chi connectivity index (χ3v) is 4.45. The third kappa shape index (κ3) is 2.22. The summed E-state index contributed by atoms with van der Waals surface area (Å²) in [5.41, 5.74) is -0.0524. The fourth-order valence-corrected chi connectivity index (χ4v) is 3.17. The molecule has 2 unspecified atom stereocenters. The van der Waals surface area contributed by atoms with Crippen molar-refractivity contribution < 1.29 is 14.6 Å². The Morgan fingerprint density at radius 3 is 2.65 bits per heavy atom. The zero-order valence-electron chi connectivity index (χ0n) is 12.2. The first-order chi connectivity index (χ1) is 9.50. The second-order valence-corrected chi connectivity index (χ2v) is 5.55. The van der Waals surface area contributed by atoms with Gasteiger partial charge in [-0.1, -0.05) is 24.3 Å². The van der Waals surface area contributed by atoms with Crippen LogP contribution in [-0.2, 0) is 21.3 Å². The summed E-state index contributed by atoms with van der Waals surface area (Å²) in [6.45, 7) is 1.70. The molecule has 0 aliphatic heterocycles. The molecule has 0 amide bonds. The highest BCUT2D eigenvalue weighted by molar-refractivity contribution is 5.47. The van der Waals surface area contributed by atoms with Crippen LogP contribution >= 0.6 is 0 Å². The summed E-state index contributed by atoms with van der Waals surface area (Å²) in [6, 6.07) is 10.2. The largest absolute Gasteiger partial charge is 0.388 e. The summed E-state index contributed by atoms with van der Waals surface area (Å²) < 4.78 is 10.4. The number of methoxy groups -OCH3 is 2. The zero-order chi connectivity index (χ0) is 14.8. The summed E-state index contributed by atoms with van der Waals surface area (Å²) in [5, 5.41) is 20.7. The van der Waals surface area contributed by atoms with Gasteiger partial charge in [0.1, 0.15) is 5.41 Å². The maximum Gasteiger partial charge on any atom is 0.159 e. The Balaban J connectivity index is 2.40. The number of ether oxygens (including phenoxy) is 2. The summed E-state index contributed by atoms with van der Waals surface area (Å²) in [6.07, 6.45) is 1.16. The van der Waals surface area contributed by atoms with Crippen LogP contribution in [0.1, 0.15) is 30.9 Å². The van der Waals surface area contributed by atoms with E-state index in [0.29, 0.717) is 6.42 Å². The SMILES string of the molecule is COC(CC(C)(O)C1(C#N)CCc2ccccc21)OC. The van der Waals surface area contributed by atoms with E-state index in [1.165, 1.54) is 14.2 Å². The smallest absolute Gasteiger partial charge is 0.159 e. The molecule has 1 aliphatic rings. The molecule has 2 rings (SSSR count). The Labute approximate surface area is 119 Å². The first-order valence-corrected chi connectivity index (χ1v) is 6.78. The quantitative estimate of drug-likeness (QED) is 0.836. The van der Waals surface area contributed by atoms with E-state index < -0.39 is 17.3 Å². The fourth-order valence-electron chi connectivity index (χ4n) is 3.17. The first-order valence-electron chi connectivity index (χ1n) is 6.78. The van der Waals surface area contributed by atoms with Gasteiger partial charge in [-0.3, -0.25) is 0 Å². The molecule has 0 fully saturated rings. The Kier molecular flexibility index (Phi) is 4.14. The summed E-state index contributed by atoms with van der Waals surface area (Å²) in [5.74, 6) is 0. The molecule has 108 valence electrons. The van der Waals surface area contributed by atoms with E-state index in [-0.39, 0.29) is 6.42 Å². The fraction of sp³-hybridized carbons (Fsp3) is 0.562. The molecule has 0 aromatic heterocycles. The molecule has 20 heavy (non-hydrogen) atoms. The van der Waals surface area contributed by atoms with Gasteiger partial charge in [-0.2, -0.15) is 5.26 Å². The predicted molar refractivity (Wildman–Crippen MR) is 75.1 cm³/mol. The number of aryl methyl sites for hydroxylation is 1. The standard InChI is InChI=1S/C16H21NO3/c1-15(18,10-14(19-2)20-3)16(11-17)9-8-12-6-4-5-7-13(12)16/h4-7,14,18H,8-10H2,1-3H3. The van der Waals surface area contributed by atoms with Crippen molar-refractivity contribution in [3.63, 3.8) is 0 Å². The number of aliphatic hydroxyl groups is 1. The van der Waals surface area contributed by atoms with E-state index in [9.17, 15) is 10.4 Å². The lowest BCUT2D eigenvalue weighted by Crippen LogP contribution is -2.49. The van der Waals surface area contributed by atoms with Crippen LogP contribution in [0.2, 0.25) is 0 Å². The van der Waals surface area contributed by atoms with Crippen LogP contribution < -0.4 is 0 Å². The van der Waals surface area contributed by atoms with E-state index in [1.54, 1.807) is 6.92 Å². The Morgan fingerprint density at radius 1 is 1.40 bits per heavy atom. The highest BCUT2D eigenvalue weighted by Crippen LogP contribution is 2.47. The van der Waals surface area contributed by atoms with E-state index in [0.717, 1.165) is 17.5 Å². The average Bonchev–Trinajstić information content (AvgIpc) is 2.85. The molecule has 2 atom stereocenters. The number of hydrogen-bond acceptors (Lipinski definition) is 4. The second-order valence-electron chi connectivity index (χ2n) is 5.55. The molecular weight excluding hydrogens is 254 g/mol. The molecule has 4 nitrogen and oxygen atoms in total. The minimum Gasteiger partial charge on any atom is -0.388 e. The molecule has 0 spiro atoms. The van der Waals surface area contributed by atoms with Crippen molar-refractivity contribution in [1.82, 2.24) is 0 Å². The molecule has 0 bridgehead atoms. The molecule has 1 N–H and O–H groups in total. The van der Waals surface area contributed by atoms with Gasteiger partial charge >= 0.3 is 0 Å². The van der Waals surface area contributed by atoms with Crippen LogP contribution in [0.3, 0.4) is 0 Å². The topological polar surface area (TPSA) is 62.5 Å². The van der Waals surface area contributed by atoms with Crippen molar-refractivity contribution >= 4 is 0 Å². The van der Waals surface area contributed by atoms with Gasteiger partial charge in [0.15, 0.2) is 6.29 Å². The summed E-state index contributed by atoms with van der Waals surface area (Å²) in [4.78, 5) is 0. The Bertz CT molecular complexity index is 517. The first kappa shape index (κ1) is 15.0. The number of fused-ring (bicyclic) bond motifs is 1. The van der Waals surface area contributed by atoms with Crippen LogP contribution in [0.5, 0.6) is 0 Å². The van der Waals surface area contributed by atoms with Crippen molar-refractivity contribution in [2.45, 2.75) is 43.5 Å².